The molecule has 3 aliphatic heterocycles. The van der Waals surface area contributed by atoms with Gasteiger partial charge in [0.2, 0.25) is 0 Å². The van der Waals surface area contributed by atoms with E-state index in [2.05, 4.69) is 19.2 Å². The first-order valence-electron chi connectivity index (χ1n) is 6.68. The van der Waals surface area contributed by atoms with Crippen molar-refractivity contribution in [3.8, 4) is 0 Å². The van der Waals surface area contributed by atoms with Crippen LogP contribution in [-0.4, -0.2) is 44.3 Å². The van der Waals surface area contributed by atoms with Crippen LogP contribution in [0.25, 0.3) is 0 Å². The first-order valence-corrected chi connectivity index (χ1v) is 6.68. The predicted octanol–water partition coefficient (Wildman–Crippen LogP) is 1.30. The third-order valence-corrected chi connectivity index (χ3v) is 4.76. The fourth-order valence-corrected chi connectivity index (χ4v) is 3.34. The van der Waals surface area contributed by atoms with Gasteiger partial charge in [0.05, 0.1) is 18.8 Å². The van der Waals surface area contributed by atoms with Crippen LogP contribution < -0.4 is 5.32 Å². The molecule has 3 aliphatic rings. The molecule has 1 N–H and O–H groups in total. The molecule has 0 aliphatic carbocycles. The zero-order chi connectivity index (χ0) is 12.0. The summed E-state index contributed by atoms with van der Waals surface area (Å²) in [7, 11) is 0. The molecule has 4 heteroatoms. The lowest BCUT2D eigenvalue weighted by Gasteiger charge is -2.57. The van der Waals surface area contributed by atoms with Crippen LogP contribution in [-0.2, 0) is 14.2 Å². The van der Waals surface area contributed by atoms with Crippen LogP contribution in [0.2, 0.25) is 0 Å². The Hall–Kier alpha value is -0.160. The lowest BCUT2D eigenvalue weighted by molar-refractivity contribution is -0.272. The Balaban J connectivity index is 1.86. The molecule has 1 atom stereocenters. The maximum absolute atomic E-state index is 6.56. The van der Waals surface area contributed by atoms with Crippen molar-refractivity contribution in [2.45, 2.75) is 44.4 Å². The average Bonchev–Trinajstić information content (AvgIpc) is 2.75. The van der Waals surface area contributed by atoms with Crippen molar-refractivity contribution in [3.63, 3.8) is 0 Å². The molecule has 4 nitrogen and oxygen atoms in total. The van der Waals surface area contributed by atoms with Crippen molar-refractivity contribution >= 4 is 0 Å². The highest BCUT2D eigenvalue weighted by Gasteiger charge is 2.56. The summed E-state index contributed by atoms with van der Waals surface area (Å²) >= 11 is 0. The van der Waals surface area contributed by atoms with Gasteiger partial charge in [-0.3, -0.25) is 5.32 Å². The first kappa shape index (κ1) is 11.9. The van der Waals surface area contributed by atoms with Gasteiger partial charge in [0.15, 0.2) is 0 Å². The van der Waals surface area contributed by atoms with E-state index in [0.29, 0.717) is 6.61 Å². The fourth-order valence-electron chi connectivity index (χ4n) is 3.34. The molecule has 3 fully saturated rings. The predicted molar refractivity (Wildman–Crippen MR) is 63.8 cm³/mol. The standard InChI is InChI=1S/C13H23NO3/c1-11(2)9-14-13(5-8-16-10-13)17-12(11)3-6-15-7-4-12/h14H,3-10H2,1-2H3. The number of ether oxygens (including phenoxy) is 3. The molecule has 0 amide bonds. The molecule has 0 bridgehead atoms. The lowest BCUT2D eigenvalue weighted by atomic mass is 9.68. The number of hydrogen-bond acceptors (Lipinski definition) is 4. The van der Waals surface area contributed by atoms with Gasteiger partial charge in [-0.05, 0) is 0 Å². The molecule has 0 aromatic carbocycles. The van der Waals surface area contributed by atoms with Crippen molar-refractivity contribution < 1.29 is 14.2 Å². The second kappa shape index (κ2) is 3.92. The summed E-state index contributed by atoms with van der Waals surface area (Å²) in [6.07, 6.45) is 2.97. The second-order valence-electron chi connectivity index (χ2n) is 6.24. The van der Waals surface area contributed by atoms with Crippen LogP contribution in [0.5, 0.6) is 0 Å². The highest BCUT2D eigenvalue weighted by Crippen LogP contribution is 2.48. The monoisotopic (exact) mass is 241 g/mol. The molecule has 0 aromatic rings. The van der Waals surface area contributed by atoms with Crippen molar-refractivity contribution in [1.82, 2.24) is 5.32 Å². The highest BCUT2D eigenvalue weighted by molar-refractivity contribution is 5.05. The Labute approximate surface area is 103 Å². The molecule has 17 heavy (non-hydrogen) atoms. The molecule has 0 radical (unpaired) electrons. The van der Waals surface area contributed by atoms with Crippen LogP contribution in [0.4, 0.5) is 0 Å². The Morgan fingerprint density at radius 1 is 0.941 bits per heavy atom. The number of hydrogen-bond donors (Lipinski definition) is 1. The molecular weight excluding hydrogens is 218 g/mol. The van der Waals surface area contributed by atoms with Gasteiger partial charge in [-0.15, -0.1) is 0 Å². The van der Waals surface area contributed by atoms with Crippen LogP contribution in [0.15, 0.2) is 0 Å². The summed E-state index contributed by atoms with van der Waals surface area (Å²) in [5, 5.41) is 3.57. The van der Waals surface area contributed by atoms with Crippen LogP contribution >= 0.6 is 0 Å². The van der Waals surface area contributed by atoms with E-state index < -0.39 is 0 Å². The van der Waals surface area contributed by atoms with Gasteiger partial charge >= 0.3 is 0 Å². The van der Waals surface area contributed by atoms with Gasteiger partial charge in [-0.2, -0.15) is 0 Å². The van der Waals surface area contributed by atoms with E-state index in [1.165, 1.54) is 0 Å². The van der Waals surface area contributed by atoms with Crippen molar-refractivity contribution in [2.24, 2.45) is 5.41 Å². The largest absolute Gasteiger partial charge is 0.381 e. The van der Waals surface area contributed by atoms with Crippen molar-refractivity contribution in [2.75, 3.05) is 33.0 Å². The molecule has 0 saturated carbocycles. The molecule has 3 saturated heterocycles. The summed E-state index contributed by atoms with van der Waals surface area (Å²) < 4.78 is 17.6. The van der Waals surface area contributed by atoms with Gasteiger partial charge < -0.3 is 14.2 Å². The van der Waals surface area contributed by atoms with E-state index in [0.717, 1.165) is 45.6 Å². The van der Waals surface area contributed by atoms with Crippen LogP contribution in [0, 0.1) is 5.41 Å². The fraction of sp³-hybridized carbons (Fsp3) is 1.00. The smallest absolute Gasteiger partial charge is 0.145 e. The van der Waals surface area contributed by atoms with Gasteiger partial charge in [-0.25, -0.2) is 0 Å². The average molecular weight is 241 g/mol. The minimum absolute atomic E-state index is 0.0375. The Morgan fingerprint density at radius 3 is 2.29 bits per heavy atom. The van der Waals surface area contributed by atoms with E-state index in [1.807, 2.05) is 0 Å². The number of rotatable bonds is 0. The minimum atomic E-state index is -0.229. The SMILES string of the molecule is CC1(C)CNC2(CCOC2)OC12CCOCC2. The van der Waals surface area contributed by atoms with Crippen molar-refractivity contribution in [3.05, 3.63) is 0 Å². The van der Waals surface area contributed by atoms with Crippen molar-refractivity contribution in [1.29, 1.82) is 0 Å². The van der Waals surface area contributed by atoms with E-state index in [-0.39, 0.29) is 16.7 Å². The molecule has 1 unspecified atom stereocenters. The Bertz CT molecular complexity index is 291. The lowest BCUT2D eigenvalue weighted by Crippen LogP contribution is -2.69. The van der Waals surface area contributed by atoms with E-state index in [4.69, 9.17) is 14.2 Å². The molecule has 2 spiro atoms. The quantitative estimate of drug-likeness (QED) is 0.694. The van der Waals surface area contributed by atoms with E-state index in [9.17, 15) is 0 Å². The molecule has 0 aromatic heterocycles. The normalized spacial score (nSPS) is 39.9. The van der Waals surface area contributed by atoms with Crippen LogP contribution in [0.3, 0.4) is 0 Å². The van der Waals surface area contributed by atoms with Gasteiger partial charge in [0, 0.05) is 44.4 Å². The maximum Gasteiger partial charge on any atom is 0.145 e. The highest BCUT2D eigenvalue weighted by atomic mass is 16.6. The molecule has 3 heterocycles. The second-order valence-corrected chi connectivity index (χ2v) is 6.24. The van der Waals surface area contributed by atoms with Crippen LogP contribution in [0.1, 0.15) is 33.1 Å². The summed E-state index contributed by atoms with van der Waals surface area (Å²) in [6.45, 7) is 8.73. The number of nitrogens with one attached hydrogen (secondary N) is 1. The molecular formula is C13H23NO3. The first-order chi connectivity index (χ1) is 8.08. The Kier molecular flexibility index (Phi) is 2.74. The van der Waals surface area contributed by atoms with Gasteiger partial charge in [-0.1, -0.05) is 13.8 Å². The summed E-state index contributed by atoms with van der Waals surface area (Å²) in [5.74, 6) is 0. The van der Waals surface area contributed by atoms with E-state index >= 15 is 0 Å². The third kappa shape index (κ3) is 1.82. The summed E-state index contributed by atoms with van der Waals surface area (Å²) in [5.41, 5.74) is -0.109. The summed E-state index contributed by atoms with van der Waals surface area (Å²) in [4.78, 5) is 0. The van der Waals surface area contributed by atoms with E-state index in [1.54, 1.807) is 0 Å². The zero-order valence-corrected chi connectivity index (χ0v) is 10.9. The third-order valence-electron chi connectivity index (χ3n) is 4.76. The zero-order valence-electron chi connectivity index (χ0n) is 10.9. The summed E-state index contributed by atoms with van der Waals surface area (Å²) in [6, 6.07) is 0. The topological polar surface area (TPSA) is 39.7 Å². The van der Waals surface area contributed by atoms with Gasteiger partial charge in [0.1, 0.15) is 5.72 Å². The Morgan fingerprint density at radius 2 is 1.65 bits per heavy atom. The maximum atomic E-state index is 6.56. The van der Waals surface area contributed by atoms with Gasteiger partial charge in [0.25, 0.3) is 0 Å². The minimum Gasteiger partial charge on any atom is -0.381 e. The molecule has 98 valence electrons. The molecule has 3 rings (SSSR count).